The molecule has 0 radical (unpaired) electrons. The fourth-order valence-corrected chi connectivity index (χ4v) is 9.52. The number of rotatable bonds is 20. The van der Waals surface area contributed by atoms with Crippen LogP contribution in [0.1, 0.15) is 153 Å². The molecule has 7 heteroatoms. The summed E-state index contributed by atoms with van der Waals surface area (Å²) in [4.78, 5) is 15.4. The number of ether oxygens (including phenoxy) is 1. The number of unbranched alkanes of at least 4 members (excludes halogenated alkanes) is 14. The van der Waals surface area contributed by atoms with E-state index in [0.29, 0.717) is 18.6 Å². The van der Waals surface area contributed by atoms with Crippen molar-refractivity contribution in [2.45, 2.75) is 177 Å². The zero-order chi connectivity index (χ0) is 31.3. The smallest absolute Gasteiger partial charge is 0.234 e. The van der Waals surface area contributed by atoms with Crippen molar-refractivity contribution in [3.8, 4) is 11.5 Å². The fraction of sp³-hybridized carbons (Fsp3) is 0.816. The Labute approximate surface area is 272 Å². The molecule has 1 amide bonds. The van der Waals surface area contributed by atoms with Crippen LogP contribution in [0, 0.1) is 5.92 Å². The summed E-state index contributed by atoms with van der Waals surface area (Å²) in [7, 11) is 0. The number of amides is 1. The summed E-state index contributed by atoms with van der Waals surface area (Å²) in [6.45, 7) is 4.30. The number of piperidine rings is 1. The van der Waals surface area contributed by atoms with E-state index in [4.69, 9.17) is 4.74 Å². The lowest BCUT2D eigenvalue weighted by Crippen LogP contribution is -2.78. The highest BCUT2D eigenvalue weighted by molar-refractivity contribution is 5.75. The molecule has 2 heterocycles. The fourth-order valence-electron chi connectivity index (χ4n) is 9.52. The van der Waals surface area contributed by atoms with E-state index in [1.54, 1.807) is 6.07 Å². The van der Waals surface area contributed by atoms with Crippen molar-refractivity contribution in [1.82, 2.24) is 15.8 Å². The molecule has 3 aliphatic carbocycles. The first kappa shape index (κ1) is 33.1. The number of likely N-dealkylation sites (tertiary alicyclic amines) is 1. The number of benzene rings is 1. The molecule has 1 aromatic carbocycles. The summed E-state index contributed by atoms with van der Waals surface area (Å²) in [5, 5.41) is 23.4. The van der Waals surface area contributed by atoms with Gasteiger partial charge in [-0.3, -0.25) is 15.1 Å². The van der Waals surface area contributed by atoms with Crippen molar-refractivity contribution in [3.63, 3.8) is 0 Å². The molecule has 3 fully saturated rings. The van der Waals surface area contributed by atoms with Gasteiger partial charge in [-0.1, -0.05) is 103 Å². The van der Waals surface area contributed by atoms with Gasteiger partial charge in [0.25, 0.3) is 0 Å². The van der Waals surface area contributed by atoms with Crippen LogP contribution in [0.15, 0.2) is 12.1 Å². The quantitative estimate of drug-likeness (QED) is 0.0906. The van der Waals surface area contributed by atoms with Gasteiger partial charge in [0.05, 0.1) is 17.1 Å². The summed E-state index contributed by atoms with van der Waals surface area (Å²) in [5.74, 6) is 1.52. The highest BCUT2D eigenvalue weighted by Crippen LogP contribution is 2.65. The first-order valence-electron chi connectivity index (χ1n) is 19.0. The number of hydrogen-bond donors (Lipinski definition) is 4. The van der Waals surface area contributed by atoms with Crippen LogP contribution in [-0.2, 0) is 16.6 Å². The Balaban J connectivity index is 0.918. The summed E-state index contributed by atoms with van der Waals surface area (Å²) in [5.41, 5.74) is 7.14. The Morgan fingerprint density at radius 1 is 0.911 bits per heavy atom. The second-order valence-corrected chi connectivity index (χ2v) is 15.3. The molecule has 1 aromatic rings. The molecule has 252 valence electrons. The number of hydrazine groups is 1. The van der Waals surface area contributed by atoms with E-state index in [9.17, 15) is 15.0 Å². The standard InChI is InChI=1S/C38H61N3O4/c1-2-3-4-5-6-7-8-9-10-11-12-13-14-15-16-17-33(43)40-39-30-22-23-38(44)32-26-29-20-21-31(42)35-34(29)37(38,36(30)45-35)24-25-41(32)27-28-18-19-28/h20-21,28,30,32,36,39,42,44H,2-19,22-27H2,1H3,(H,40,43)/t30-,32-,36+,37+,38-/m1/s1. The number of carbonyl (C=O) groups is 1. The topological polar surface area (TPSA) is 94.1 Å². The van der Waals surface area contributed by atoms with Gasteiger partial charge in [0, 0.05) is 24.6 Å². The third-order valence-electron chi connectivity index (χ3n) is 12.2. The van der Waals surface area contributed by atoms with Crippen LogP contribution in [0.5, 0.6) is 11.5 Å². The largest absolute Gasteiger partial charge is 0.504 e. The lowest BCUT2D eigenvalue weighted by molar-refractivity contribution is -0.192. The van der Waals surface area contributed by atoms with Gasteiger partial charge in [-0.25, -0.2) is 5.43 Å². The highest BCUT2D eigenvalue weighted by Gasteiger charge is 2.73. The van der Waals surface area contributed by atoms with Gasteiger partial charge >= 0.3 is 0 Å². The number of phenolic OH excluding ortho intramolecular Hbond substituents is 1. The predicted molar refractivity (Wildman–Crippen MR) is 179 cm³/mol. The summed E-state index contributed by atoms with van der Waals surface area (Å²) in [6.07, 6.45) is 25.6. The molecule has 4 N–H and O–H groups in total. The Morgan fingerprint density at radius 3 is 2.20 bits per heavy atom. The lowest BCUT2D eigenvalue weighted by Gasteiger charge is -2.64. The number of hydrogen-bond acceptors (Lipinski definition) is 6. The Bertz CT molecular complexity index is 1140. The monoisotopic (exact) mass is 623 g/mol. The molecule has 2 aliphatic heterocycles. The molecule has 1 saturated heterocycles. The van der Waals surface area contributed by atoms with Crippen molar-refractivity contribution >= 4 is 5.91 Å². The van der Waals surface area contributed by atoms with E-state index < -0.39 is 11.0 Å². The molecule has 7 nitrogen and oxygen atoms in total. The Hall–Kier alpha value is -1.83. The minimum Gasteiger partial charge on any atom is -0.504 e. The number of carbonyl (C=O) groups excluding carboxylic acids is 1. The highest BCUT2D eigenvalue weighted by atomic mass is 16.5. The van der Waals surface area contributed by atoms with Gasteiger partial charge < -0.3 is 14.9 Å². The van der Waals surface area contributed by atoms with Crippen LogP contribution in [0.2, 0.25) is 0 Å². The summed E-state index contributed by atoms with van der Waals surface area (Å²) >= 11 is 0. The average Bonchev–Trinajstić information content (AvgIpc) is 3.78. The molecule has 45 heavy (non-hydrogen) atoms. The van der Waals surface area contributed by atoms with Gasteiger partial charge in [-0.2, -0.15) is 0 Å². The van der Waals surface area contributed by atoms with Crippen LogP contribution < -0.4 is 15.6 Å². The minimum atomic E-state index is -0.896. The summed E-state index contributed by atoms with van der Waals surface area (Å²) < 4.78 is 6.60. The maximum Gasteiger partial charge on any atom is 0.234 e. The first-order valence-corrected chi connectivity index (χ1v) is 19.0. The molecule has 2 saturated carbocycles. The molecular formula is C38H61N3O4. The van der Waals surface area contributed by atoms with E-state index in [-0.39, 0.29) is 29.8 Å². The van der Waals surface area contributed by atoms with Crippen molar-refractivity contribution in [2.24, 2.45) is 5.92 Å². The van der Waals surface area contributed by atoms with Crippen LogP contribution in [0.25, 0.3) is 0 Å². The number of nitrogens with one attached hydrogen (secondary N) is 2. The van der Waals surface area contributed by atoms with Crippen LogP contribution >= 0.6 is 0 Å². The molecule has 5 atom stereocenters. The number of phenols is 1. The second-order valence-electron chi connectivity index (χ2n) is 15.3. The van der Waals surface area contributed by atoms with Crippen molar-refractivity contribution in [3.05, 3.63) is 23.3 Å². The molecule has 2 bridgehead atoms. The van der Waals surface area contributed by atoms with E-state index in [0.717, 1.165) is 56.7 Å². The minimum absolute atomic E-state index is 0.0304. The SMILES string of the molecule is CCCCCCCCCCCCCCCCCC(=O)NN[C@@H]1CC[C@@]2(O)[C@H]3Cc4ccc(O)c5c4[C@@]2(CCN3CC2CC2)[C@H]1O5. The van der Waals surface area contributed by atoms with Gasteiger partial charge in [0.2, 0.25) is 5.91 Å². The number of aliphatic hydroxyl groups is 1. The summed E-state index contributed by atoms with van der Waals surface area (Å²) in [6, 6.07) is 3.75. The molecule has 1 spiro atoms. The van der Waals surface area contributed by atoms with E-state index in [1.807, 2.05) is 6.07 Å². The van der Waals surface area contributed by atoms with Crippen LogP contribution in [0.3, 0.4) is 0 Å². The van der Waals surface area contributed by atoms with Crippen molar-refractivity contribution in [1.29, 1.82) is 0 Å². The first-order chi connectivity index (χ1) is 22.0. The molecule has 5 aliphatic rings. The Morgan fingerprint density at radius 2 is 1.56 bits per heavy atom. The number of aromatic hydroxyl groups is 1. The molecule has 0 aromatic heterocycles. The molecule has 0 unspecified atom stereocenters. The Kier molecular flexibility index (Phi) is 11.0. The predicted octanol–water partition coefficient (Wildman–Crippen LogP) is 7.21. The lowest BCUT2D eigenvalue weighted by atomic mass is 9.48. The zero-order valence-corrected chi connectivity index (χ0v) is 28.1. The maximum atomic E-state index is 12.8. The van der Waals surface area contributed by atoms with Gasteiger partial charge in [-0.15, -0.1) is 0 Å². The van der Waals surface area contributed by atoms with E-state index >= 15 is 0 Å². The van der Waals surface area contributed by atoms with Gasteiger partial charge in [0.1, 0.15) is 6.10 Å². The third kappa shape index (κ3) is 6.92. The maximum absolute atomic E-state index is 12.8. The zero-order valence-electron chi connectivity index (χ0n) is 28.1. The third-order valence-corrected chi connectivity index (χ3v) is 12.2. The number of nitrogens with zero attached hydrogens (tertiary/aromatic N) is 1. The van der Waals surface area contributed by atoms with Gasteiger partial charge in [0.15, 0.2) is 11.5 Å². The van der Waals surface area contributed by atoms with E-state index in [2.05, 4.69) is 22.7 Å². The van der Waals surface area contributed by atoms with Crippen molar-refractivity contribution in [2.75, 3.05) is 13.1 Å². The molecule has 6 rings (SSSR count). The van der Waals surface area contributed by atoms with Crippen LogP contribution in [0.4, 0.5) is 0 Å². The molecular weight excluding hydrogens is 562 g/mol. The normalized spacial score (nSPS) is 29.8. The second kappa shape index (κ2) is 14.9. The van der Waals surface area contributed by atoms with Crippen molar-refractivity contribution < 1.29 is 19.7 Å². The van der Waals surface area contributed by atoms with E-state index in [1.165, 1.54) is 102 Å². The average molecular weight is 624 g/mol. The van der Waals surface area contributed by atoms with Crippen LogP contribution in [-0.4, -0.2) is 57.9 Å². The van der Waals surface area contributed by atoms with Gasteiger partial charge in [-0.05, 0) is 69.0 Å².